The van der Waals surface area contributed by atoms with Gasteiger partial charge in [-0.3, -0.25) is 9.59 Å². The van der Waals surface area contributed by atoms with Gasteiger partial charge < -0.3 is 10.2 Å². The van der Waals surface area contributed by atoms with Crippen molar-refractivity contribution in [3.63, 3.8) is 0 Å². The number of thioether (sulfide) groups is 1. The van der Waals surface area contributed by atoms with E-state index in [0.29, 0.717) is 17.3 Å². The first-order valence-corrected chi connectivity index (χ1v) is 10.0. The lowest BCUT2D eigenvalue weighted by Crippen LogP contribution is -2.47. The van der Waals surface area contributed by atoms with Crippen LogP contribution in [-0.2, 0) is 21.9 Å². The van der Waals surface area contributed by atoms with Crippen molar-refractivity contribution in [1.29, 1.82) is 0 Å². The predicted octanol–water partition coefficient (Wildman–Crippen LogP) is 3.88. The van der Waals surface area contributed by atoms with E-state index in [0.717, 1.165) is 11.1 Å². The maximum atomic E-state index is 13.0. The molecule has 2 amide bonds. The van der Waals surface area contributed by atoms with Crippen LogP contribution < -0.4 is 5.32 Å². The fourth-order valence-electron chi connectivity index (χ4n) is 2.54. The second kappa shape index (κ2) is 10.3. The van der Waals surface area contributed by atoms with E-state index in [9.17, 15) is 14.0 Å². The minimum Gasteiger partial charge on any atom is -0.357 e. The highest BCUT2D eigenvalue weighted by molar-refractivity contribution is 7.99. The lowest BCUT2D eigenvalue weighted by molar-refractivity contribution is -0.138. The van der Waals surface area contributed by atoms with Crippen molar-refractivity contribution in [2.75, 3.05) is 12.8 Å². The number of nitrogens with zero attached hydrogens (tertiary/aromatic N) is 1. The van der Waals surface area contributed by atoms with Crippen molar-refractivity contribution in [3.8, 4) is 0 Å². The smallest absolute Gasteiger partial charge is 0.242 e. The first-order chi connectivity index (χ1) is 12.9. The minimum atomic E-state index is -0.604. The molecule has 0 heterocycles. The second-order valence-corrected chi connectivity index (χ2v) is 7.48. The molecule has 0 fully saturated rings. The second-order valence-electron chi connectivity index (χ2n) is 6.06. The molecule has 27 heavy (non-hydrogen) atoms. The van der Waals surface area contributed by atoms with Crippen LogP contribution in [0.15, 0.2) is 48.5 Å². The molecule has 2 rings (SSSR count). The summed E-state index contributed by atoms with van der Waals surface area (Å²) in [6, 6.07) is 12.8. The topological polar surface area (TPSA) is 49.4 Å². The Balaban J connectivity index is 2.03. The Morgan fingerprint density at radius 3 is 2.52 bits per heavy atom. The van der Waals surface area contributed by atoms with Crippen LogP contribution in [0, 0.1) is 5.82 Å². The normalized spacial score (nSPS) is 11.7. The Kier molecular flexibility index (Phi) is 8.13. The Morgan fingerprint density at radius 1 is 1.19 bits per heavy atom. The molecule has 0 bridgehead atoms. The van der Waals surface area contributed by atoms with E-state index >= 15 is 0 Å². The monoisotopic (exact) mass is 408 g/mol. The number of carbonyl (C=O) groups excluding carboxylic acids is 2. The van der Waals surface area contributed by atoms with Gasteiger partial charge in [-0.05, 0) is 42.3 Å². The molecule has 0 aliphatic rings. The van der Waals surface area contributed by atoms with Gasteiger partial charge in [0.05, 0.1) is 5.75 Å². The number of likely N-dealkylation sites (N-methyl/N-ethyl adjacent to an activating group) is 1. The van der Waals surface area contributed by atoms with Crippen molar-refractivity contribution >= 4 is 35.2 Å². The van der Waals surface area contributed by atoms with Crippen molar-refractivity contribution in [2.45, 2.75) is 25.3 Å². The molecule has 0 saturated heterocycles. The van der Waals surface area contributed by atoms with Crippen molar-refractivity contribution in [3.05, 3.63) is 70.5 Å². The average molecular weight is 409 g/mol. The molecule has 4 nitrogen and oxygen atoms in total. The Labute approximate surface area is 168 Å². The van der Waals surface area contributed by atoms with E-state index in [1.54, 1.807) is 43.1 Å². The summed E-state index contributed by atoms with van der Waals surface area (Å²) in [4.78, 5) is 26.4. The SMILES string of the molecule is CNC(=O)[C@H](C)N(Cc1cccc(Cl)c1)C(=O)CSCc1ccc(F)cc1. The standard InChI is InChI=1S/C20H22ClFN2O2S/c1-14(20(26)23-2)24(11-16-4-3-5-17(21)10-16)19(25)13-27-12-15-6-8-18(22)9-7-15/h3-10,14H,11-13H2,1-2H3,(H,23,26)/t14-/m0/s1. The predicted molar refractivity (Wildman–Crippen MR) is 108 cm³/mol. The third-order valence-corrected chi connectivity index (χ3v) is 5.29. The van der Waals surface area contributed by atoms with Gasteiger partial charge in [-0.2, -0.15) is 0 Å². The molecule has 0 saturated carbocycles. The zero-order valence-electron chi connectivity index (χ0n) is 15.2. The zero-order valence-corrected chi connectivity index (χ0v) is 16.8. The van der Waals surface area contributed by atoms with Gasteiger partial charge in [-0.1, -0.05) is 35.9 Å². The highest BCUT2D eigenvalue weighted by atomic mass is 35.5. The minimum absolute atomic E-state index is 0.141. The molecule has 0 aliphatic carbocycles. The molecular weight excluding hydrogens is 387 g/mol. The molecule has 144 valence electrons. The lowest BCUT2D eigenvalue weighted by atomic mass is 10.1. The quantitative estimate of drug-likeness (QED) is 0.721. The largest absolute Gasteiger partial charge is 0.357 e. The molecule has 1 N–H and O–H groups in total. The molecule has 2 aromatic carbocycles. The first-order valence-electron chi connectivity index (χ1n) is 8.48. The molecule has 0 spiro atoms. The molecule has 0 unspecified atom stereocenters. The molecule has 7 heteroatoms. The molecule has 0 aliphatic heterocycles. The lowest BCUT2D eigenvalue weighted by Gasteiger charge is -2.28. The summed E-state index contributed by atoms with van der Waals surface area (Å²) >= 11 is 7.45. The highest BCUT2D eigenvalue weighted by Crippen LogP contribution is 2.18. The number of hydrogen-bond donors (Lipinski definition) is 1. The molecular formula is C20H22ClFN2O2S. The number of nitrogens with one attached hydrogen (secondary N) is 1. The number of amides is 2. The average Bonchev–Trinajstić information content (AvgIpc) is 2.66. The maximum absolute atomic E-state index is 13.0. The van der Waals surface area contributed by atoms with Crippen LogP contribution in [0.25, 0.3) is 0 Å². The third-order valence-electron chi connectivity index (χ3n) is 4.06. The van der Waals surface area contributed by atoms with Crippen LogP contribution >= 0.6 is 23.4 Å². The highest BCUT2D eigenvalue weighted by Gasteiger charge is 2.25. The molecule has 1 atom stereocenters. The van der Waals surface area contributed by atoms with Gasteiger partial charge in [0.25, 0.3) is 0 Å². The van der Waals surface area contributed by atoms with Gasteiger partial charge in [0.15, 0.2) is 0 Å². The van der Waals surface area contributed by atoms with Gasteiger partial charge in [-0.15, -0.1) is 11.8 Å². The Bertz CT molecular complexity index is 786. The van der Waals surface area contributed by atoms with Crippen LogP contribution in [0.4, 0.5) is 4.39 Å². The van der Waals surface area contributed by atoms with E-state index < -0.39 is 6.04 Å². The third kappa shape index (κ3) is 6.56. The Morgan fingerprint density at radius 2 is 1.89 bits per heavy atom. The van der Waals surface area contributed by atoms with E-state index in [4.69, 9.17) is 11.6 Å². The van der Waals surface area contributed by atoms with Crippen LogP contribution in [-0.4, -0.2) is 35.6 Å². The first kappa shape index (κ1) is 21.3. The molecule has 2 aromatic rings. The molecule has 0 radical (unpaired) electrons. The summed E-state index contributed by atoms with van der Waals surface area (Å²) in [7, 11) is 1.55. The number of rotatable bonds is 8. The fraction of sp³-hybridized carbons (Fsp3) is 0.300. The van der Waals surface area contributed by atoms with Gasteiger partial charge >= 0.3 is 0 Å². The summed E-state index contributed by atoms with van der Waals surface area (Å²) in [6.07, 6.45) is 0. The van der Waals surface area contributed by atoms with Gasteiger partial charge in [0, 0.05) is 24.4 Å². The Hall–Kier alpha value is -2.05. The summed E-state index contributed by atoms with van der Waals surface area (Å²) in [6.45, 7) is 2.00. The van der Waals surface area contributed by atoms with E-state index in [1.807, 2.05) is 12.1 Å². The maximum Gasteiger partial charge on any atom is 0.242 e. The van der Waals surface area contributed by atoms with Gasteiger partial charge in [0.1, 0.15) is 11.9 Å². The van der Waals surface area contributed by atoms with Crippen molar-refractivity contribution in [1.82, 2.24) is 10.2 Å². The van der Waals surface area contributed by atoms with Gasteiger partial charge in [-0.25, -0.2) is 4.39 Å². The fourth-order valence-corrected chi connectivity index (χ4v) is 3.63. The summed E-state index contributed by atoms with van der Waals surface area (Å²) in [5, 5.41) is 3.16. The zero-order chi connectivity index (χ0) is 19.8. The van der Waals surface area contributed by atoms with Crippen LogP contribution in [0.1, 0.15) is 18.1 Å². The number of hydrogen-bond acceptors (Lipinski definition) is 3. The summed E-state index contributed by atoms with van der Waals surface area (Å²) in [5.41, 5.74) is 1.80. The summed E-state index contributed by atoms with van der Waals surface area (Å²) in [5.74, 6) is 0.156. The molecule has 0 aromatic heterocycles. The number of benzene rings is 2. The van der Waals surface area contributed by atoms with E-state index in [1.165, 1.54) is 23.9 Å². The van der Waals surface area contributed by atoms with Crippen LogP contribution in [0.2, 0.25) is 5.02 Å². The van der Waals surface area contributed by atoms with Gasteiger partial charge in [0.2, 0.25) is 11.8 Å². The number of halogens is 2. The van der Waals surface area contributed by atoms with Crippen molar-refractivity contribution in [2.24, 2.45) is 0 Å². The van der Waals surface area contributed by atoms with E-state index in [-0.39, 0.29) is 23.4 Å². The van der Waals surface area contributed by atoms with Crippen LogP contribution in [0.3, 0.4) is 0 Å². The van der Waals surface area contributed by atoms with E-state index in [2.05, 4.69) is 5.32 Å². The summed E-state index contributed by atoms with van der Waals surface area (Å²) < 4.78 is 13.0. The van der Waals surface area contributed by atoms with Crippen LogP contribution in [0.5, 0.6) is 0 Å². The van der Waals surface area contributed by atoms with Crippen molar-refractivity contribution < 1.29 is 14.0 Å². The number of carbonyl (C=O) groups is 2.